The van der Waals surface area contributed by atoms with Gasteiger partial charge in [-0.05, 0) is 37.5 Å². The van der Waals surface area contributed by atoms with Gasteiger partial charge in [0.05, 0.1) is 11.4 Å². The van der Waals surface area contributed by atoms with Gasteiger partial charge in [0.1, 0.15) is 11.4 Å². The molecule has 1 N–H and O–H groups in total. The third-order valence-electron chi connectivity index (χ3n) is 4.76. The van der Waals surface area contributed by atoms with Gasteiger partial charge in [0.25, 0.3) is 0 Å². The lowest BCUT2D eigenvalue weighted by Gasteiger charge is -2.10. The molecule has 9 nitrogen and oxygen atoms in total. The van der Waals surface area contributed by atoms with Gasteiger partial charge in [-0.15, -0.1) is 0 Å². The second-order valence-corrected chi connectivity index (χ2v) is 11.3. The summed E-state index contributed by atoms with van der Waals surface area (Å²) in [5.74, 6) is -0.389. The van der Waals surface area contributed by atoms with E-state index in [1.165, 1.54) is 30.5 Å². The van der Waals surface area contributed by atoms with Crippen LogP contribution in [-0.2, 0) is 19.9 Å². The molecule has 3 aromatic rings. The molecule has 1 aromatic carbocycles. The van der Waals surface area contributed by atoms with Gasteiger partial charge in [-0.1, -0.05) is 13.0 Å². The summed E-state index contributed by atoms with van der Waals surface area (Å²) in [5, 5.41) is -0.396. The first kappa shape index (κ1) is 22.3. The molecule has 32 heavy (non-hydrogen) atoms. The Morgan fingerprint density at radius 1 is 1.16 bits per heavy atom. The third kappa shape index (κ3) is 4.65. The topological polar surface area (TPSA) is 132 Å². The summed E-state index contributed by atoms with van der Waals surface area (Å²) in [6, 6.07) is 5.71. The molecule has 2 aromatic heterocycles. The quantitative estimate of drug-likeness (QED) is 0.485. The van der Waals surface area contributed by atoms with Crippen molar-refractivity contribution in [3.05, 3.63) is 42.2 Å². The Hall–Kier alpha value is -2.86. The van der Waals surface area contributed by atoms with Gasteiger partial charge in [-0.2, -0.15) is 0 Å². The highest BCUT2D eigenvalue weighted by atomic mass is 32.2. The number of aromatic nitrogens is 3. The van der Waals surface area contributed by atoms with E-state index in [9.17, 15) is 16.8 Å². The molecule has 4 rings (SSSR count). The predicted molar refractivity (Wildman–Crippen MR) is 116 cm³/mol. The standard InChI is InChI=1S/C20H21FN4O5S2/c1-3-11-32(28,29)25-14-6-4-5-13(16(14)21)17-18(30-19(24-17)12-7-8-12)15-9-10-22-20(23-15)31(2,26)27/h4-6,9-10,12,25H,3,7-8,11H2,1-2H3. The van der Waals surface area contributed by atoms with Crippen LogP contribution in [0.25, 0.3) is 22.7 Å². The summed E-state index contributed by atoms with van der Waals surface area (Å²) in [5.41, 5.74) is 0.0366. The van der Waals surface area contributed by atoms with Crippen LogP contribution in [0.4, 0.5) is 10.1 Å². The van der Waals surface area contributed by atoms with Gasteiger partial charge in [-0.25, -0.2) is 36.2 Å². The number of hydrogen-bond acceptors (Lipinski definition) is 8. The Kier molecular flexibility index (Phi) is 5.76. The van der Waals surface area contributed by atoms with Crippen LogP contribution in [0.3, 0.4) is 0 Å². The number of sulfone groups is 1. The number of oxazole rings is 1. The zero-order valence-electron chi connectivity index (χ0n) is 17.4. The third-order valence-corrected chi connectivity index (χ3v) is 7.10. The molecule has 0 amide bonds. The van der Waals surface area contributed by atoms with Gasteiger partial charge < -0.3 is 4.42 Å². The minimum Gasteiger partial charge on any atom is -0.438 e. The van der Waals surface area contributed by atoms with Crippen molar-refractivity contribution in [3.8, 4) is 22.7 Å². The minimum absolute atomic E-state index is 0.00636. The van der Waals surface area contributed by atoms with Crippen molar-refractivity contribution in [1.82, 2.24) is 15.0 Å². The van der Waals surface area contributed by atoms with Crippen LogP contribution in [-0.4, -0.2) is 43.8 Å². The van der Waals surface area contributed by atoms with Gasteiger partial charge in [-0.3, -0.25) is 4.72 Å². The maximum absolute atomic E-state index is 15.4. The first-order valence-corrected chi connectivity index (χ1v) is 13.5. The van der Waals surface area contributed by atoms with E-state index < -0.39 is 30.8 Å². The van der Waals surface area contributed by atoms with Gasteiger partial charge in [0.2, 0.25) is 25.0 Å². The number of benzene rings is 1. The number of rotatable bonds is 8. The SMILES string of the molecule is CCCS(=O)(=O)Nc1cccc(-c2nc(C3CC3)oc2-c2ccnc(S(C)(=O)=O)n2)c1F. The molecule has 0 unspecified atom stereocenters. The Labute approximate surface area is 185 Å². The van der Waals surface area contributed by atoms with Crippen molar-refractivity contribution in [2.24, 2.45) is 0 Å². The number of nitrogens with zero attached hydrogens (tertiary/aromatic N) is 3. The van der Waals surface area contributed by atoms with Crippen molar-refractivity contribution < 1.29 is 25.6 Å². The summed E-state index contributed by atoms with van der Waals surface area (Å²) in [4.78, 5) is 12.3. The molecule has 0 radical (unpaired) electrons. The molecule has 12 heteroatoms. The Morgan fingerprint density at radius 2 is 1.91 bits per heavy atom. The second-order valence-electron chi connectivity index (χ2n) is 7.59. The fraction of sp³-hybridized carbons (Fsp3) is 0.350. The van der Waals surface area contributed by atoms with Crippen LogP contribution in [0.1, 0.15) is 38.0 Å². The van der Waals surface area contributed by atoms with E-state index in [4.69, 9.17) is 4.42 Å². The highest BCUT2D eigenvalue weighted by Gasteiger charge is 2.32. The molecular formula is C20H21FN4O5S2. The summed E-state index contributed by atoms with van der Waals surface area (Å²) in [7, 11) is -7.39. The van der Waals surface area contributed by atoms with E-state index in [0.29, 0.717) is 12.3 Å². The largest absolute Gasteiger partial charge is 0.438 e. The van der Waals surface area contributed by atoms with E-state index in [1.807, 2.05) is 0 Å². The normalized spacial score (nSPS) is 14.5. The molecule has 2 heterocycles. The van der Waals surface area contributed by atoms with Gasteiger partial charge in [0, 0.05) is 23.9 Å². The summed E-state index contributed by atoms with van der Waals surface area (Å²) in [6.45, 7) is 1.71. The zero-order valence-corrected chi connectivity index (χ0v) is 19.0. The maximum atomic E-state index is 15.4. The number of halogens is 1. The monoisotopic (exact) mass is 480 g/mol. The first-order valence-electron chi connectivity index (χ1n) is 9.92. The van der Waals surface area contributed by atoms with E-state index in [1.54, 1.807) is 6.92 Å². The summed E-state index contributed by atoms with van der Waals surface area (Å²) >= 11 is 0. The maximum Gasteiger partial charge on any atom is 0.247 e. The van der Waals surface area contributed by atoms with Crippen LogP contribution in [0.2, 0.25) is 0 Å². The van der Waals surface area contributed by atoms with Crippen molar-refractivity contribution in [3.63, 3.8) is 0 Å². The molecule has 0 bridgehead atoms. The number of nitrogens with one attached hydrogen (secondary N) is 1. The molecular weight excluding hydrogens is 459 g/mol. The fourth-order valence-electron chi connectivity index (χ4n) is 3.12. The highest BCUT2D eigenvalue weighted by Crippen LogP contribution is 2.44. The van der Waals surface area contributed by atoms with Crippen LogP contribution < -0.4 is 4.72 Å². The first-order chi connectivity index (χ1) is 15.1. The van der Waals surface area contributed by atoms with Crippen LogP contribution >= 0.6 is 0 Å². The highest BCUT2D eigenvalue weighted by molar-refractivity contribution is 7.92. The van der Waals surface area contributed by atoms with E-state index in [-0.39, 0.29) is 40.1 Å². The zero-order chi connectivity index (χ0) is 23.1. The average Bonchev–Trinajstić information content (AvgIpc) is 3.48. The molecule has 170 valence electrons. The van der Waals surface area contributed by atoms with E-state index >= 15 is 4.39 Å². The molecule has 1 aliphatic rings. The lowest BCUT2D eigenvalue weighted by atomic mass is 10.1. The molecule has 0 aliphatic heterocycles. The van der Waals surface area contributed by atoms with Crippen molar-refractivity contribution in [2.45, 2.75) is 37.3 Å². The fourth-order valence-corrected chi connectivity index (χ4v) is 4.77. The van der Waals surface area contributed by atoms with E-state index in [2.05, 4.69) is 19.7 Å². The lowest BCUT2D eigenvalue weighted by Crippen LogP contribution is -2.17. The van der Waals surface area contributed by atoms with Crippen LogP contribution in [0.15, 0.2) is 40.0 Å². The van der Waals surface area contributed by atoms with Gasteiger partial charge in [0.15, 0.2) is 17.5 Å². The van der Waals surface area contributed by atoms with Gasteiger partial charge >= 0.3 is 0 Å². The predicted octanol–water partition coefficient (Wildman–Crippen LogP) is 3.37. The van der Waals surface area contributed by atoms with Crippen LogP contribution in [0.5, 0.6) is 0 Å². The molecule has 1 fully saturated rings. The smallest absolute Gasteiger partial charge is 0.247 e. The number of anilines is 1. The van der Waals surface area contributed by atoms with Crippen LogP contribution in [0, 0.1) is 5.82 Å². The second kappa shape index (κ2) is 8.24. The molecule has 1 aliphatic carbocycles. The summed E-state index contributed by atoms with van der Waals surface area (Å²) in [6.07, 6.45) is 4.38. The van der Waals surface area contributed by atoms with E-state index in [0.717, 1.165) is 19.1 Å². The average molecular weight is 481 g/mol. The van der Waals surface area contributed by atoms with Crippen molar-refractivity contribution in [1.29, 1.82) is 0 Å². The number of hydrogen-bond donors (Lipinski definition) is 1. The number of sulfonamides is 1. The lowest BCUT2D eigenvalue weighted by molar-refractivity contribution is 0.507. The molecule has 0 spiro atoms. The minimum atomic E-state index is -3.71. The molecule has 0 saturated heterocycles. The Morgan fingerprint density at radius 3 is 2.56 bits per heavy atom. The molecule has 0 atom stereocenters. The molecule has 1 saturated carbocycles. The Balaban J connectivity index is 1.84. The Bertz CT molecular complexity index is 1380. The summed E-state index contributed by atoms with van der Waals surface area (Å²) < 4.78 is 71.6. The van der Waals surface area contributed by atoms with Crippen molar-refractivity contribution >= 4 is 25.5 Å². The van der Waals surface area contributed by atoms with Crippen molar-refractivity contribution in [2.75, 3.05) is 16.7 Å².